The first-order valence-electron chi connectivity index (χ1n) is 7.32. The molecular formula is C14H24N2O2S2. The van der Waals surface area contributed by atoms with Crippen molar-refractivity contribution < 1.29 is 8.42 Å². The van der Waals surface area contributed by atoms with Gasteiger partial charge in [-0.25, -0.2) is 13.1 Å². The van der Waals surface area contributed by atoms with E-state index in [2.05, 4.69) is 10.0 Å². The van der Waals surface area contributed by atoms with Gasteiger partial charge >= 0.3 is 0 Å². The molecule has 0 aromatic carbocycles. The fourth-order valence-corrected chi connectivity index (χ4v) is 4.94. The molecule has 0 unspecified atom stereocenters. The molecule has 0 saturated heterocycles. The third-order valence-electron chi connectivity index (χ3n) is 3.87. The second kappa shape index (κ2) is 7.02. The fraction of sp³-hybridized carbons (Fsp3) is 0.714. The van der Waals surface area contributed by atoms with Gasteiger partial charge in [-0.1, -0.05) is 26.2 Å². The highest BCUT2D eigenvalue weighted by Crippen LogP contribution is 2.29. The molecule has 1 aromatic heterocycles. The molecule has 1 heterocycles. The zero-order valence-electron chi connectivity index (χ0n) is 12.2. The molecule has 0 amide bonds. The standard InChI is InChI=1S/C14H24N2O2S2/c1-3-15-10-13-11(2)9-14(19-13)20(17,18)16-8-7-12-5-4-6-12/h9,12,15-16H,3-8,10H2,1-2H3. The number of aryl methyl sites for hydroxylation is 1. The Labute approximate surface area is 126 Å². The molecule has 1 aliphatic carbocycles. The lowest BCUT2D eigenvalue weighted by Gasteiger charge is -2.24. The lowest BCUT2D eigenvalue weighted by molar-refractivity contribution is 0.297. The summed E-state index contributed by atoms with van der Waals surface area (Å²) in [5, 5.41) is 3.24. The second-order valence-corrected chi connectivity index (χ2v) is 8.57. The largest absolute Gasteiger partial charge is 0.312 e. The summed E-state index contributed by atoms with van der Waals surface area (Å²) in [4.78, 5) is 1.10. The van der Waals surface area contributed by atoms with Gasteiger partial charge in [-0.3, -0.25) is 0 Å². The SMILES string of the molecule is CCNCc1sc(S(=O)(=O)NCCC2CCC2)cc1C. The lowest BCUT2D eigenvalue weighted by Crippen LogP contribution is -2.27. The average Bonchev–Trinajstić information content (AvgIpc) is 2.72. The van der Waals surface area contributed by atoms with E-state index in [0.29, 0.717) is 10.8 Å². The van der Waals surface area contributed by atoms with Crippen LogP contribution in [0.5, 0.6) is 0 Å². The Morgan fingerprint density at radius 3 is 2.75 bits per heavy atom. The average molecular weight is 316 g/mol. The zero-order valence-corrected chi connectivity index (χ0v) is 13.9. The number of rotatable bonds is 8. The quantitative estimate of drug-likeness (QED) is 0.775. The number of thiophene rings is 1. The maximum absolute atomic E-state index is 12.2. The smallest absolute Gasteiger partial charge is 0.250 e. The summed E-state index contributed by atoms with van der Waals surface area (Å²) < 4.78 is 27.7. The van der Waals surface area contributed by atoms with Gasteiger partial charge in [0.2, 0.25) is 10.0 Å². The number of hydrogen-bond acceptors (Lipinski definition) is 4. The molecule has 0 bridgehead atoms. The molecule has 1 fully saturated rings. The normalized spacial score (nSPS) is 16.3. The molecule has 114 valence electrons. The van der Waals surface area contributed by atoms with Gasteiger partial charge in [0, 0.05) is 18.0 Å². The van der Waals surface area contributed by atoms with Gasteiger partial charge < -0.3 is 5.32 Å². The summed E-state index contributed by atoms with van der Waals surface area (Å²) in [5.74, 6) is 0.729. The minimum Gasteiger partial charge on any atom is -0.312 e. The van der Waals surface area contributed by atoms with Crippen LogP contribution in [-0.2, 0) is 16.6 Å². The first-order chi connectivity index (χ1) is 9.53. The molecule has 0 atom stereocenters. The third-order valence-corrected chi connectivity index (χ3v) is 7.04. The monoisotopic (exact) mass is 316 g/mol. The maximum Gasteiger partial charge on any atom is 0.250 e. The molecule has 0 spiro atoms. The van der Waals surface area contributed by atoms with E-state index in [-0.39, 0.29) is 0 Å². The van der Waals surface area contributed by atoms with Crippen LogP contribution in [0.25, 0.3) is 0 Å². The molecule has 1 saturated carbocycles. The summed E-state index contributed by atoms with van der Waals surface area (Å²) in [6, 6.07) is 1.78. The van der Waals surface area contributed by atoms with E-state index in [1.165, 1.54) is 30.6 Å². The van der Waals surface area contributed by atoms with Crippen molar-refractivity contribution in [2.75, 3.05) is 13.1 Å². The van der Waals surface area contributed by atoms with Gasteiger partial charge in [0.15, 0.2) is 0 Å². The highest BCUT2D eigenvalue weighted by Gasteiger charge is 2.21. The van der Waals surface area contributed by atoms with E-state index >= 15 is 0 Å². The van der Waals surface area contributed by atoms with Gasteiger partial charge in [-0.05, 0) is 37.4 Å². The van der Waals surface area contributed by atoms with Crippen LogP contribution in [0.4, 0.5) is 0 Å². The van der Waals surface area contributed by atoms with Crippen LogP contribution in [0.3, 0.4) is 0 Å². The van der Waals surface area contributed by atoms with Gasteiger partial charge in [0.25, 0.3) is 0 Å². The second-order valence-electron chi connectivity index (χ2n) is 5.44. The predicted molar refractivity (Wildman–Crippen MR) is 83.6 cm³/mol. The first kappa shape index (κ1) is 15.9. The van der Waals surface area contributed by atoms with Crippen LogP contribution in [0.15, 0.2) is 10.3 Å². The molecule has 0 aliphatic heterocycles. The van der Waals surface area contributed by atoms with Crippen LogP contribution in [0.1, 0.15) is 43.0 Å². The van der Waals surface area contributed by atoms with Crippen LogP contribution >= 0.6 is 11.3 Å². The Bertz CT molecular complexity index is 533. The van der Waals surface area contributed by atoms with Crippen LogP contribution < -0.4 is 10.0 Å². The van der Waals surface area contributed by atoms with Gasteiger partial charge in [0.1, 0.15) is 4.21 Å². The van der Waals surface area contributed by atoms with Crippen molar-refractivity contribution in [3.63, 3.8) is 0 Å². The minimum atomic E-state index is -3.33. The Morgan fingerprint density at radius 2 is 2.15 bits per heavy atom. The molecule has 4 nitrogen and oxygen atoms in total. The number of sulfonamides is 1. The van der Waals surface area contributed by atoms with Crippen molar-refractivity contribution in [3.05, 3.63) is 16.5 Å². The third kappa shape index (κ3) is 4.04. The number of nitrogens with one attached hydrogen (secondary N) is 2. The molecule has 0 radical (unpaired) electrons. The topological polar surface area (TPSA) is 58.2 Å². The summed E-state index contributed by atoms with van der Waals surface area (Å²) in [6.45, 7) is 6.20. The first-order valence-corrected chi connectivity index (χ1v) is 9.62. The van der Waals surface area contributed by atoms with Gasteiger partial charge in [-0.2, -0.15) is 0 Å². The molecule has 1 aromatic rings. The van der Waals surface area contributed by atoms with Crippen molar-refractivity contribution in [1.29, 1.82) is 0 Å². The van der Waals surface area contributed by atoms with E-state index in [9.17, 15) is 8.42 Å². The molecule has 6 heteroatoms. The minimum absolute atomic E-state index is 0.441. The maximum atomic E-state index is 12.2. The lowest BCUT2D eigenvalue weighted by atomic mass is 9.83. The van der Waals surface area contributed by atoms with E-state index in [1.807, 2.05) is 13.8 Å². The van der Waals surface area contributed by atoms with Crippen LogP contribution in [0, 0.1) is 12.8 Å². The van der Waals surface area contributed by atoms with Crippen molar-refractivity contribution in [2.45, 2.75) is 50.3 Å². The van der Waals surface area contributed by atoms with Crippen LogP contribution in [0.2, 0.25) is 0 Å². The summed E-state index contributed by atoms with van der Waals surface area (Å²) >= 11 is 1.37. The van der Waals surface area contributed by atoms with Crippen molar-refractivity contribution in [1.82, 2.24) is 10.0 Å². The summed E-state index contributed by atoms with van der Waals surface area (Å²) in [6.07, 6.45) is 4.78. The van der Waals surface area contributed by atoms with Gasteiger partial charge in [0.05, 0.1) is 0 Å². The summed E-state index contributed by atoms with van der Waals surface area (Å²) in [5.41, 5.74) is 1.05. The predicted octanol–water partition coefficient (Wildman–Crippen LogP) is 2.63. The van der Waals surface area contributed by atoms with Crippen molar-refractivity contribution >= 4 is 21.4 Å². The van der Waals surface area contributed by atoms with Crippen LogP contribution in [-0.4, -0.2) is 21.5 Å². The highest BCUT2D eigenvalue weighted by molar-refractivity contribution is 7.91. The zero-order chi connectivity index (χ0) is 14.6. The summed E-state index contributed by atoms with van der Waals surface area (Å²) in [7, 11) is -3.33. The Balaban J connectivity index is 1.93. The molecule has 1 aliphatic rings. The molecule has 2 rings (SSSR count). The van der Waals surface area contributed by atoms with Crippen molar-refractivity contribution in [2.24, 2.45) is 5.92 Å². The van der Waals surface area contributed by atoms with E-state index < -0.39 is 10.0 Å². The Morgan fingerprint density at radius 1 is 1.40 bits per heavy atom. The molecule has 20 heavy (non-hydrogen) atoms. The van der Waals surface area contributed by atoms with E-state index in [1.54, 1.807) is 6.07 Å². The Hall–Kier alpha value is -0.430. The van der Waals surface area contributed by atoms with E-state index in [4.69, 9.17) is 0 Å². The fourth-order valence-electron chi connectivity index (χ4n) is 2.29. The highest BCUT2D eigenvalue weighted by atomic mass is 32.2. The molecular weight excluding hydrogens is 292 g/mol. The van der Waals surface area contributed by atoms with Crippen molar-refractivity contribution in [3.8, 4) is 0 Å². The van der Waals surface area contributed by atoms with Gasteiger partial charge in [-0.15, -0.1) is 11.3 Å². The number of hydrogen-bond donors (Lipinski definition) is 2. The molecule has 2 N–H and O–H groups in total. The Kier molecular flexibility index (Phi) is 5.60. The van der Waals surface area contributed by atoms with E-state index in [0.717, 1.165) is 35.9 Å².